The van der Waals surface area contributed by atoms with E-state index in [4.69, 9.17) is 9.84 Å². The smallest absolute Gasteiger partial charge is 0.330 e. The molecule has 17 heavy (non-hydrogen) atoms. The Morgan fingerprint density at radius 2 is 2.24 bits per heavy atom. The number of ether oxygens (including phenoxy) is 1. The largest absolute Gasteiger partial charge is 0.394 e. The second-order valence-electron chi connectivity index (χ2n) is 4.11. The molecule has 1 aliphatic heterocycles. The van der Waals surface area contributed by atoms with Crippen molar-refractivity contribution in [2.75, 3.05) is 6.61 Å². The summed E-state index contributed by atoms with van der Waals surface area (Å²) in [6.07, 6.45) is -0.932. The van der Waals surface area contributed by atoms with Gasteiger partial charge in [-0.1, -0.05) is 6.92 Å². The second kappa shape index (κ2) is 4.44. The molecule has 1 aliphatic rings. The van der Waals surface area contributed by atoms with Crippen LogP contribution in [-0.4, -0.2) is 38.6 Å². The van der Waals surface area contributed by atoms with E-state index in [9.17, 15) is 14.7 Å². The molecule has 0 amide bonds. The third kappa shape index (κ3) is 2.04. The summed E-state index contributed by atoms with van der Waals surface area (Å²) in [4.78, 5) is 24.6. The minimum atomic E-state index is -0.844. The van der Waals surface area contributed by atoms with Crippen molar-refractivity contribution in [3.63, 3.8) is 0 Å². The van der Waals surface area contributed by atoms with Gasteiger partial charge < -0.3 is 14.9 Å². The molecule has 4 atom stereocenters. The van der Waals surface area contributed by atoms with E-state index in [1.54, 1.807) is 6.92 Å². The highest BCUT2D eigenvalue weighted by Gasteiger charge is 2.41. The van der Waals surface area contributed by atoms with Crippen molar-refractivity contribution < 1.29 is 14.9 Å². The first-order valence-corrected chi connectivity index (χ1v) is 5.30. The summed E-state index contributed by atoms with van der Waals surface area (Å²) in [6, 6.07) is 1.20. The van der Waals surface area contributed by atoms with E-state index >= 15 is 0 Å². The Kier molecular flexibility index (Phi) is 3.14. The van der Waals surface area contributed by atoms with Crippen LogP contribution in [0.1, 0.15) is 13.2 Å². The number of nitrogens with zero attached hydrogens (tertiary/aromatic N) is 1. The Bertz CT molecular complexity index is 508. The molecular weight excluding hydrogens is 228 g/mol. The molecule has 7 nitrogen and oxygen atoms in total. The maximum absolute atomic E-state index is 11.6. The molecule has 7 heteroatoms. The van der Waals surface area contributed by atoms with Gasteiger partial charge in [-0.05, 0) is 0 Å². The van der Waals surface area contributed by atoms with Crippen LogP contribution in [0.15, 0.2) is 21.9 Å². The van der Waals surface area contributed by atoms with E-state index in [0.29, 0.717) is 0 Å². The van der Waals surface area contributed by atoms with E-state index in [1.807, 2.05) is 0 Å². The normalized spacial score (nSPS) is 32.9. The molecule has 2 unspecified atom stereocenters. The van der Waals surface area contributed by atoms with Gasteiger partial charge in [-0.3, -0.25) is 14.3 Å². The Morgan fingerprint density at radius 3 is 2.76 bits per heavy atom. The summed E-state index contributed by atoms with van der Waals surface area (Å²) >= 11 is 0. The minimum Gasteiger partial charge on any atom is -0.394 e. The number of aromatic amines is 1. The zero-order chi connectivity index (χ0) is 12.6. The van der Waals surface area contributed by atoms with Crippen LogP contribution >= 0.6 is 0 Å². The third-order valence-electron chi connectivity index (χ3n) is 2.99. The lowest BCUT2D eigenvalue weighted by Crippen LogP contribution is -2.33. The van der Waals surface area contributed by atoms with Gasteiger partial charge in [0.15, 0.2) is 0 Å². The molecule has 1 aromatic rings. The van der Waals surface area contributed by atoms with Crippen molar-refractivity contribution in [1.29, 1.82) is 0 Å². The van der Waals surface area contributed by atoms with Crippen LogP contribution in [0.25, 0.3) is 0 Å². The molecule has 1 fully saturated rings. The Morgan fingerprint density at radius 1 is 1.53 bits per heavy atom. The molecule has 0 bridgehead atoms. The lowest BCUT2D eigenvalue weighted by molar-refractivity contribution is -0.0477. The minimum absolute atomic E-state index is 0.319. The van der Waals surface area contributed by atoms with Crippen LogP contribution in [0.3, 0.4) is 0 Å². The number of aromatic nitrogens is 2. The molecule has 1 saturated heterocycles. The van der Waals surface area contributed by atoms with Crippen LogP contribution in [0.2, 0.25) is 0 Å². The van der Waals surface area contributed by atoms with Crippen molar-refractivity contribution in [2.24, 2.45) is 5.92 Å². The first-order chi connectivity index (χ1) is 8.04. The molecule has 2 heterocycles. The van der Waals surface area contributed by atoms with Gasteiger partial charge in [0.05, 0.1) is 12.7 Å². The molecule has 94 valence electrons. The molecule has 1 aromatic heterocycles. The summed E-state index contributed by atoms with van der Waals surface area (Å²) in [5, 5.41) is 18.8. The van der Waals surface area contributed by atoms with E-state index in [2.05, 4.69) is 4.98 Å². The predicted molar refractivity (Wildman–Crippen MR) is 57.5 cm³/mol. The average Bonchev–Trinajstić information content (AvgIpc) is 2.57. The van der Waals surface area contributed by atoms with Gasteiger partial charge in [0.1, 0.15) is 12.3 Å². The van der Waals surface area contributed by atoms with Crippen molar-refractivity contribution in [3.05, 3.63) is 33.1 Å². The number of hydrogen-bond acceptors (Lipinski definition) is 5. The molecule has 0 saturated carbocycles. The maximum Gasteiger partial charge on any atom is 0.330 e. The summed E-state index contributed by atoms with van der Waals surface area (Å²) in [6.45, 7) is 1.39. The van der Waals surface area contributed by atoms with Gasteiger partial charge in [-0.2, -0.15) is 0 Å². The molecule has 0 aromatic carbocycles. The summed E-state index contributed by atoms with van der Waals surface area (Å²) in [5.74, 6) is -0.351. The van der Waals surface area contributed by atoms with Crippen LogP contribution < -0.4 is 11.2 Å². The highest BCUT2D eigenvalue weighted by atomic mass is 16.5. The number of rotatable bonds is 2. The number of aliphatic hydroxyl groups is 2. The number of nitrogens with one attached hydrogen (secondary N) is 1. The van der Waals surface area contributed by atoms with Gasteiger partial charge in [0.25, 0.3) is 5.56 Å². The van der Waals surface area contributed by atoms with Gasteiger partial charge in [-0.15, -0.1) is 0 Å². The molecular formula is C10H14N2O5. The van der Waals surface area contributed by atoms with Crippen molar-refractivity contribution >= 4 is 0 Å². The molecule has 0 spiro atoms. The van der Waals surface area contributed by atoms with E-state index < -0.39 is 29.7 Å². The number of hydrogen-bond donors (Lipinski definition) is 3. The van der Waals surface area contributed by atoms with Gasteiger partial charge in [-0.25, -0.2) is 4.79 Å². The van der Waals surface area contributed by atoms with Gasteiger partial charge in [0, 0.05) is 18.2 Å². The van der Waals surface area contributed by atoms with Gasteiger partial charge >= 0.3 is 5.69 Å². The van der Waals surface area contributed by atoms with Crippen LogP contribution in [0, 0.1) is 5.92 Å². The fraction of sp³-hybridized carbons (Fsp3) is 0.600. The fourth-order valence-electron chi connectivity index (χ4n) is 1.99. The SMILES string of the molecule is C[C@@H]1C(n2ccc(=O)[nH]c2=O)OC(CO)[C@H]1O. The van der Waals surface area contributed by atoms with Crippen LogP contribution in [0.4, 0.5) is 0 Å². The maximum atomic E-state index is 11.6. The Labute approximate surface area is 96.3 Å². The van der Waals surface area contributed by atoms with E-state index in [1.165, 1.54) is 16.8 Å². The van der Waals surface area contributed by atoms with Crippen molar-refractivity contribution in [2.45, 2.75) is 25.4 Å². The first kappa shape index (κ1) is 12.0. The van der Waals surface area contributed by atoms with Gasteiger partial charge in [0.2, 0.25) is 0 Å². The molecule has 0 radical (unpaired) electrons. The first-order valence-electron chi connectivity index (χ1n) is 5.30. The average molecular weight is 242 g/mol. The summed E-state index contributed by atoms with van der Waals surface area (Å²) < 4.78 is 6.58. The lowest BCUT2D eigenvalue weighted by Gasteiger charge is -2.17. The predicted octanol–water partition coefficient (Wildman–Crippen LogP) is -1.58. The Hall–Kier alpha value is -1.44. The van der Waals surface area contributed by atoms with Crippen molar-refractivity contribution in [1.82, 2.24) is 9.55 Å². The van der Waals surface area contributed by atoms with Crippen LogP contribution in [-0.2, 0) is 4.74 Å². The van der Waals surface area contributed by atoms with Crippen LogP contribution in [0.5, 0.6) is 0 Å². The zero-order valence-electron chi connectivity index (χ0n) is 9.24. The third-order valence-corrected chi connectivity index (χ3v) is 2.99. The van der Waals surface area contributed by atoms with Crippen molar-refractivity contribution in [3.8, 4) is 0 Å². The molecule has 2 rings (SSSR count). The quantitative estimate of drug-likeness (QED) is 0.580. The summed E-state index contributed by atoms with van der Waals surface area (Å²) in [7, 11) is 0. The summed E-state index contributed by atoms with van der Waals surface area (Å²) in [5.41, 5.74) is -1.09. The number of H-pyrrole nitrogens is 1. The van der Waals surface area contributed by atoms with E-state index in [-0.39, 0.29) is 12.5 Å². The lowest BCUT2D eigenvalue weighted by atomic mass is 10.0. The second-order valence-corrected chi connectivity index (χ2v) is 4.11. The molecule has 3 N–H and O–H groups in total. The molecule has 0 aliphatic carbocycles. The zero-order valence-corrected chi connectivity index (χ0v) is 9.24. The topological polar surface area (TPSA) is 105 Å². The highest BCUT2D eigenvalue weighted by Crippen LogP contribution is 2.32. The number of aliphatic hydroxyl groups excluding tert-OH is 2. The fourth-order valence-corrected chi connectivity index (χ4v) is 1.99. The monoisotopic (exact) mass is 242 g/mol. The van der Waals surface area contributed by atoms with E-state index in [0.717, 1.165) is 0 Å². The highest BCUT2D eigenvalue weighted by molar-refractivity contribution is 4.91. The Balaban J connectivity index is 2.35. The standard InChI is InChI=1S/C10H14N2O5/c1-5-8(15)6(4-13)17-9(5)12-3-2-7(14)11-10(12)16/h2-3,5-6,8-9,13,15H,4H2,1H3,(H,11,14,16)/t5-,6?,8-,9?/m0/s1.